The molecule has 0 spiro atoms. The molecule has 0 saturated heterocycles. The number of rotatable bonds is 75. The molecule has 0 amide bonds. The molecule has 0 fully saturated rings. The Balaban J connectivity index is 5.34. The SMILES string of the molecule is CCCCC/C=C\C/C=C\C/C=C\C/C=C\CCCC(=O)OC[C@H](COP(=O)(O)OC[C@@H](O)COP(=O)(O)OC[C@@H](COC(=O)CCCCCCCCC/C=C\CCCCCC)OC(=O)CCCCCCCCCCCCCCC)OC(=O)CCCCCCCCCCCCCCC. The van der Waals surface area contributed by atoms with Gasteiger partial charge in [-0.2, -0.15) is 0 Å². The van der Waals surface area contributed by atoms with Gasteiger partial charge in [-0.15, -0.1) is 0 Å². The third-order valence-corrected chi connectivity index (χ3v) is 18.9. The summed E-state index contributed by atoms with van der Waals surface area (Å²) in [5.41, 5.74) is 0. The van der Waals surface area contributed by atoms with Crippen LogP contribution in [0.25, 0.3) is 0 Å². The second kappa shape index (κ2) is 72.1. The van der Waals surface area contributed by atoms with Gasteiger partial charge < -0.3 is 33.8 Å². The molecule has 98 heavy (non-hydrogen) atoms. The first-order chi connectivity index (χ1) is 47.7. The maximum absolute atomic E-state index is 13.1. The van der Waals surface area contributed by atoms with Crippen molar-refractivity contribution in [1.29, 1.82) is 0 Å². The van der Waals surface area contributed by atoms with E-state index in [0.29, 0.717) is 32.1 Å². The maximum atomic E-state index is 13.1. The summed E-state index contributed by atoms with van der Waals surface area (Å²) in [5.74, 6) is -2.21. The third kappa shape index (κ3) is 71.2. The smallest absolute Gasteiger partial charge is 0.462 e. The van der Waals surface area contributed by atoms with Gasteiger partial charge >= 0.3 is 39.5 Å². The molecule has 0 rings (SSSR count). The number of carbonyl (C=O) groups excluding carboxylic acids is 4. The van der Waals surface area contributed by atoms with E-state index in [1.807, 2.05) is 12.2 Å². The van der Waals surface area contributed by atoms with Crippen LogP contribution in [0.5, 0.6) is 0 Å². The van der Waals surface area contributed by atoms with Crippen molar-refractivity contribution >= 4 is 39.5 Å². The predicted octanol–water partition coefficient (Wildman–Crippen LogP) is 22.7. The molecule has 0 bridgehead atoms. The average Bonchev–Trinajstić information content (AvgIpc) is 0.969. The zero-order chi connectivity index (χ0) is 71.8. The number of carbonyl (C=O) groups is 4. The predicted molar refractivity (Wildman–Crippen MR) is 400 cm³/mol. The Morgan fingerprint density at radius 2 is 0.510 bits per heavy atom. The van der Waals surface area contributed by atoms with Crippen molar-refractivity contribution in [2.45, 2.75) is 380 Å². The fraction of sp³-hybridized carbons (Fsp3) is 0.823. The van der Waals surface area contributed by atoms with E-state index in [2.05, 4.69) is 76.3 Å². The van der Waals surface area contributed by atoms with Crippen molar-refractivity contribution in [3.8, 4) is 0 Å². The van der Waals surface area contributed by atoms with Crippen LogP contribution in [0.3, 0.4) is 0 Å². The van der Waals surface area contributed by atoms with Gasteiger partial charge in [0.25, 0.3) is 0 Å². The second-order valence-electron chi connectivity index (χ2n) is 26.7. The molecule has 17 nitrogen and oxygen atoms in total. The van der Waals surface area contributed by atoms with Gasteiger partial charge in [-0.05, 0) is 89.9 Å². The van der Waals surface area contributed by atoms with Gasteiger partial charge in [0, 0.05) is 25.7 Å². The first-order valence-corrected chi connectivity index (χ1v) is 42.5. The number of hydrogen-bond donors (Lipinski definition) is 3. The van der Waals surface area contributed by atoms with Crippen molar-refractivity contribution in [2.24, 2.45) is 0 Å². The van der Waals surface area contributed by atoms with Crippen molar-refractivity contribution in [3.05, 3.63) is 60.8 Å². The molecule has 0 saturated carbocycles. The molecular formula is C79H144O17P2. The fourth-order valence-electron chi connectivity index (χ4n) is 10.9. The summed E-state index contributed by atoms with van der Waals surface area (Å²) < 4.78 is 68.5. The Bertz CT molecular complexity index is 2100. The highest BCUT2D eigenvalue weighted by Crippen LogP contribution is 2.45. The molecule has 0 aromatic rings. The number of phosphoric ester groups is 2. The minimum Gasteiger partial charge on any atom is -0.462 e. The van der Waals surface area contributed by atoms with E-state index in [0.717, 1.165) is 116 Å². The molecule has 0 aliphatic carbocycles. The lowest BCUT2D eigenvalue weighted by molar-refractivity contribution is -0.161. The van der Waals surface area contributed by atoms with E-state index in [4.69, 9.17) is 37.0 Å². The van der Waals surface area contributed by atoms with E-state index < -0.39 is 97.5 Å². The molecule has 0 aromatic carbocycles. The van der Waals surface area contributed by atoms with Gasteiger partial charge in [0.1, 0.15) is 19.3 Å². The first kappa shape index (κ1) is 94.8. The summed E-state index contributed by atoms with van der Waals surface area (Å²) in [7, 11) is -9.95. The maximum Gasteiger partial charge on any atom is 0.472 e. The van der Waals surface area contributed by atoms with Crippen LogP contribution < -0.4 is 0 Å². The minimum atomic E-state index is -4.98. The van der Waals surface area contributed by atoms with Gasteiger partial charge in [0.05, 0.1) is 26.4 Å². The topological polar surface area (TPSA) is 237 Å². The summed E-state index contributed by atoms with van der Waals surface area (Å²) >= 11 is 0. The molecule has 0 aliphatic heterocycles. The van der Waals surface area contributed by atoms with Crippen molar-refractivity contribution in [2.75, 3.05) is 39.6 Å². The zero-order valence-electron chi connectivity index (χ0n) is 62.5. The van der Waals surface area contributed by atoms with E-state index in [-0.39, 0.29) is 25.7 Å². The van der Waals surface area contributed by atoms with Gasteiger partial charge in [0.15, 0.2) is 12.2 Å². The zero-order valence-corrected chi connectivity index (χ0v) is 64.3. The van der Waals surface area contributed by atoms with Crippen molar-refractivity contribution < 1.29 is 80.2 Å². The van der Waals surface area contributed by atoms with Crippen LogP contribution in [0.1, 0.15) is 362 Å². The summed E-state index contributed by atoms with van der Waals surface area (Å²) in [6.45, 7) is 4.83. The number of ether oxygens (including phenoxy) is 4. The summed E-state index contributed by atoms with van der Waals surface area (Å²) in [6.07, 6.45) is 70.6. The molecule has 572 valence electrons. The molecule has 0 heterocycles. The van der Waals surface area contributed by atoms with Gasteiger partial charge in [-0.1, -0.05) is 307 Å². The average molecular weight is 1430 g/mol. The standard InChI is InChI=1S/C79H144O17P2/c1-5-9-13-17-21-25-29-33-35-36-38-42-44-48-52-56-60-64-77(82)90-70-75(96-79(84)66-62-58-54-50-46-40-32-28-24-20-16-12-8-4)72-94-98(87,88)92-68-73(80)67-91-97(85,86)93-71-74(95-78(83)65-61-57-53-49-45-39-31-27-23-19-15-11-7-3)69-89-76(81)63-59-55-51-47-43-41-37-34-30-26-22-18-14-10-6-2/h21,25-26,30,33,35,38,42,48,52,73-75,80H,5-20,22-24,27-29,31-32,34,36-37,39-41,43-47,49-51,53-72H2,1-4H3,(H,85,86)(H,87,88)/b25-21-,30-26-,35-33-,42-38-,52-48-/t73-,74+,75+/m0/s1. The van der Waals surface area contributed by atoms with E-state index in [9.17, 15) is 43.2 Å². The lowest BCUT2D eigenvalue weighted by Gasteiger charge is -2.21. The summed E-state index contributed by atoms with van der Waals surface area (Å²) in [6, 6.07) is 0. The number of aliphatic hydroxyl groups is 1. The molecule has 0 aromatic heterocycles. The minimum absolute atomic E-state index is 0.0897. The Labute approximate surface area is 597 Å². The Morgan fingerprint density at radius 3 is 0.847 bits per heavy atom. The quantitative estimate of drug-likeness (QED) is 0.0169. The highest BCUT2D eigenvalue weighted by Gasteiger charge is 2.30. The van der Waals surface area contributed by atoms with Gasteiger partial charge in [-0.25, -0.2) is 9.13 Å². The number of unbranched alkanes of at least 4 members (excludes halogenated alkanes) is 39. The summed E-state index contributed by atoms with van der Waals surface area (Å²) in [5, 5.41) is 10.6. The first-order valence-electron chi connectivity index (χ1n) is 39.5. The van der Waals surface area contributed by atoms with E-state index in [1.54, 1.807) is 0 Å². The monoisotopic (exact) mass is 1430 g/mol. The number of aliphatic hydroxyl groups excluding tert-OH is 1. The van der Waals surface area contributed by atoms with Crippen molar-refractivity contribution in [3.63, 3.8) is 0 Å². The normalized spacial score (nSPS) is 14.2. The highest BCUT2D eigenvalue weighted by molar-refractivity contribution is 7.47. The third-order valence-electron chi connectivity index (χ3n) is 17.0. The highest BCUT2D eigenvalue weighted by atomic mass is 31.2. The number of hydrogen-bond acceptors (Lipinski definition) is 15. The lowest BCUT2D eigenvalue weighted by atomic mass is 10.0. The van der Waals surface area contributed by atoms with Gasteiger partial charge in [0.2, 0.25) is 0 Å². The van der Waals surface area contributed by atoms with E-state index >= 15 is 0 Å². The van der Waals surface area contributed by atoms with Gasteiger partial charge in [-0.3, -0.25) is 37.3 Å². The second-order valence-corrected chi connectivity index (χ2v) is 29.6. The fourth-order valence-corrected chi connectivity index (χ4v) is 12.5. The molecule has 3 N–H and O–H groups in total. The largest absolute Gasteiger partial charge is 0.472 e. The van der Waals surface area contributed by atoms with E-state index in [1.165, 1.54) is 161 Å². The Hall–Kier alpha value is -3.24. The molecule has 2 unspecified atom stereocenters. The van der Waals surface area contributed by atoms with Crippen LogP contribution in [-0.2, 0) is 65.4 Å². The van der Waals surface area contributed by atoms with Crippen LogP contribution in [0, 0.1) is 0 Å². The van der Waals surface area contributed by atoms with Crippen LogP contribution in [0.15, 0.2) is 60.8 Å². The van der Waals surface area contributed by atoms with Crippen molar-refractivity contribution in [1.82, 2.24) is 0 Å². The Kier molecular flexibility index (Phi) is 69.7. The molecule has 0 radical (unpaired) electrons. The lowest BCUT2D eigenvalue weighted by Crippen LogP contribution is -2.30. The molecular weight excluding hydrogens is 1280 g/mol. The van der Waals surface area contributed by atoms with Crippen LogP contribution in [0.2, 0.25) is 0 Å². The number of esters is 4. The van der Waals surface area contributed by atoms with Crippen LogP contribution >= 0.6 is 15.6 Å². The molecule has 5 atom stereocenters. The number of allylic oxidation sites excluding steroid dienone is 10. The number of phosphoric acid groups is 2. The summed E-state index contributed by atoms with van der Waals surface area (Å²) in [4.78, 5) is 72.9. The molecule has 19 heteroatoms. The molecule has 0 aliphatic rings. The van der Waals surface area contributed by atoms with Crippen LogP contribution in [-0.4, -0.2) is 96.7 Å². The van der Waals surface area contributed by atoms with Crippen LogP contribution in [0.4, 0.5) is 0 Å². The Morgan fingerprint density at radius 1 is 0.286 bits per heavy atom.